The van der Waals surface area contributed by atoms with Crippen LogP contribution in [0.5, 0.6) is 0 Å². The van der Waals surface area contributed by atoms with E-state index < -0.39 is 0 Å². The molecule has 0 radical (unpaired) electrons. The highest BCUT2D eigenvalue weighted by Gasteiger charge is 2.35. The predicted octanol–water partition coefficient (Wildman–Crippen LogP) is 2.80. The summed E-state index contributed by atoms with van der Waals surface area (Å²) in [4.78, 5) is 2.58. The Kier molecular flexibility index (Phi) is 3.91. The molecule has 1 atom stereocenters. The minimum absolute atomic E-state index is 0.301. The van der Waals surface area contributed by atoms with E-state index in [1.807, 2.05) is 0 Å². The van der Waals surface area contributed by atoms with Gasteiger partial charge in [-0.05, 0) is 58.4 Å². The van der Waals surface area contributed by atoms with E-state index in [0.717, 1.165) is 25.2 Å². The fraction of sp³-hybridized carbons (Fsp3) is 1.00. The van der Waals surface area contributed by atoms with Gasteiger partial charge in [-0.25, -0.2) is 0 Å². The van der Waals surface area contributed by atoms with Crippen LogP contribution < -0.4 is 0 Å². The van der Waals surface area contributed by atoms with Crippen molar-refractivity contribution >= 4 is 0 Å². The van der Waals surface area contributed by atoms with Crippen molar-refractivity contribution < 1.29 is 5.11 Å². The highest BCUT2D eigenvalue weighted by Crippen LogP contribution is 2.37. The summed E-state index contributed by atoms with van der Waals surface area (Å²) >= 11 is 0. The molecule has 2 rings (SSSR count). The van der Waals surface area contributed by atoms with Gasteiger partial charge in [-0.3, -0.25) is 0 Å². The Morgan fingerprint density at radius 1 is 1.25 bits per heavy atom. The molecular weight excluding hydrogens is 198 g/mol. The second-order valence-corrected chi connectivity index (χ2v) is 6.23. The molecule has 0 bridgehead atoms. The summed E-state index contributed by atoms with van der Waals surface area (Å²) in [7, 11) is 0. The van der Waals surface area contributed by atoms with E-state index >= 15 is 0 Å². The molecule has 2 aliphatic rings. The second-order valence-electron chi connectivity index (χ2n) is 6.23. The number of rotatable bonds is 3. The van der Waals surface area contributed by atoms with Crippen LogP contribution >= 0.6 is 0 Å². The van der Waals surface area contributed by atoms with Crippen LogP contribution in [-0.4, -0.2) is 34.7 Å². The standard InChI is InChI=1S/C14H27NO/c1-12(2)15-9-5-6-13(11-15)10-14(16)7-3-4-8-14/h12-13,16H,3-11H2,1-2H3. The van der Waals surface area contributed by atoms with E-state index in [1.54, 1.807) is 0 Å². The van der Waals surface area contributed by atoms with Gasteiger partial charge in [0, 0.05) is 12.6 Å². The van der Waals surface area contributed by atoms with E-state index in [-0.39, 0.29) is 5.60 Å². The first-order valence-electron chi connectivity index (χ1n) is 7.05. The third-order valence-corrected chi connectivity index (χ3v) is 4.48. The van der Waals surface area contributed by atoms with Crippen LogP contribution in [0, 0.1) is 5.92 Å². The first-order chi connectivity index (χ1) is 7.59. The number of hydrogen-bond donors (Lipinski definition) is 1. The largest absolute Gasteiger partial charge is 0.390 e. The van der Waals surface area contributed by atoms with Gasteiger partial charge in [0.25, 0.3) is 0 Å². The van der Waals surface area contributed by atoms with E-state index in [9.17, 15) is 5.11 Å². The lowest BCUT2D eigenvalue weighted by Gasteiger charge is -2.38. The van der Waals surface area contributed by atoms with Gasteiger partial charge in [-0.15, -0.1) is 0 Å². The average Bonchev–Trinajstić information content (AvgIpc) is 2.65. The molecule has 94 valence electrons. The van der Waals surface area contributed by atoms with Crippen LogP contribution in [0.2, 0.25) is 0 Å². The van der Waals surface area contributed by atoms with Crippen molar-refractivity contribution in [2.75, 3.05) is 13.1 Å². The zero-order valence-corrected chi connectivity index (χ0v) is 10.9. The molecule has 1 heterocycles. The fourth-order valence-electron chi connectivity index (χ4n) is 3.51. The highest BCUT2D eigenvalue weighted by atomic mass is 16.3. The van der Waals surface area contributed by atoms with E-state index in [2.05, 4.69) is 18.7 Å². The molecule has 0 aromatic carbocycles. The van der Waals surface area contributed by atoms with Crippen molar-refractivity contribution in [2.45, 2.75) is 70.4 Å². The molecule has 1 N–H and O–H groups in total. The lowest BCUT2D eigenvalue weighted by molar-refractivity contribution is 0.00491. The lowest BCUT2D eigenvalue weighted by atomic mass is 9.84. The Morgan fingerprint density at radius 3 is 2.56 bits per heavy atom. The molecular formula is C14H27NO. The van der Waals surface area contributed by atoms with Crippen LogP contribution in [0.3, 0.4) is 0 Å². The van der Waals surface area contributed by atoms with E-state index in [4.69, 9.17) is 0 Å². The van der Waals surface area contributed by atoms with Crippen LogP contribution in [0.1, 0.15) is 58.8 Å². The van der Waals surface area contributed by atoms with Crippen molar-refractivity contribution in [3.63, 3.8) is 0 Å². The molecule has 0 amide bonds. The van der Waals surface area contributed by atoms with Crippen molar-refractivity contribution in [3.8, 4) is 0 Å². The molecule has 1 aliphatic heterocycles. The van der Waals surface area contributed by atoms with Crippen molar-refractivity contribution in [3.05, 3.63) is 0 Å². The van der Waals surface area contributed by atoms with Crippen molar-refractivity contribution in [2.24, 2.45) is 5.92 Å². The first kappa shape index (κ1) is 12.4. The maximum atomic E-state index is 10.4. The van der Waals surface area contributed by atoms with Gasteiger partial charge in [0.1, 0.15) is 0 Å². The van der Waals surface area contributed by atoms with Gasteiger partial charge in [0.15, 0.2) is 0 Å². The monoisotopic (exact) mass is 225 g/mol. The molecule has 0 spiro atoms. The summed E-state index contributed by atoms with van der Waals surface area (Å²) in [5, 5.41) is 10.4. The van der Waals surface area contributed by atoms with Gasteiger partial charge < -0.3 is 10.0 Å². The summed E-state index contributed by atoms with van der Waals surface area (Å²) in [5.41, 5.74) is -0.301. The van der Waals surface area contributed by atoms with Crippen LogP contribution in [-0.2, 0) is 0 Å². The van der Waals surface area contributed by atoms with E-state index in [0.29, 0.717) is 6.04 Å². The van der Waals surface area contributed by atoms with Gasteiger partial charge >= 0.3 is 0 Å². The summed E-state index contributed by atoms with van der Waals surface area (Å²) in [6.45, 7) is 7.03. The number of aliphatic hydroxyl groups is 1. The topological polar surface area (TPSA) is 23.5 Å². The highest BCUT2D eigenvalue weighted by molar-refractivity contribution is 4.88. The van der Waals surface area contributed by atoms with Crippen LogP contribution in [0.25, 0.3) is 0 Å². The Hall–Kier alpha value is -0.0800. The lowest BCUT2D eigenvalue weighted by Crippen LogP contribution is -2.42. The molecule has 1 unspecified atom stereocenters. The van der Waals surface area contributed by atoms with Crippen molar-refractivity contribution in [1.82, 2.24) is 4.90 Å². The molecule has 2 nitrogen and oxygen atoms in total. The second kappa shape index (κ2) is 5.05. The Labute approximate surface area is 100 Å². The molecule has 0 aromatic rings. The minimum Gasteiger partial charge on any atom is -0.390 e. The number of piperidine rings is 1. The maximum absolute atomic E-state index is 10.4. The number of nitrogens with zero attached hydrogens (tertiary/aromatic N) is 1. The number of hydrogen-bond acceptors (Lipinski definition) is 2. The zero-order chi connectivity index (χ0) is 11.6. The first-order valence-corrected chi connectivity index (χ1v) is 7.05. The molecule has 1 aliphatic carbocycles. The Bertz CT molecular complexity index is 221. The van der Waals surface area contributed by atoms with Crippen LogP contribution in [0.4, 0.5) is 0 Å². The molecule has 1 saturated carbocycles. The molecule has 16 heavy (non-hydrogen) atoms. The van der Waals surface area contributed by atoms with Gasteiger partial charge in [0.05, 0.1) is 5.60 Å². The Balaban J connectivity index is 1.85. The van der Waals surface area contributed by atoms with E-state index in [1.165, 1.54) is 38.8 Å². The molecule has 0 aromatic heterocycles. The maximum Gasteiger partial charge on any atom is 0.0651 e. The smallest absolute Gasteiger partial charge is 0.0651 e. The summed E-state index contributed by atoms with van der Waals surface area (Å²) in [5.74, 6) is 0.735. The predicted molar refractivity (Wildman–Crippen MR) is 67.5 cm³/mol. The molecule has 2 fully saturated rings. The number of likely N-dealkylation sites (tertiary alicyclic amines) is 1. The summed E-state index contributed by atoms with van der Waals surface area (Å²) < 4.78 is 0. The summed E-state index contributed by atoms with van der Waals surface area (Å²) in [6.07, 6.45) is 8.26. The summed E-state index contributed by atoms with van der Waals surface area (Å²) in [6, 6.07) is 0.668. The Morgan fingerprint density at radius 2 is 1.94 bits per heavy atom. The normalized spacial score (nSPS) is 31.1. The third kappa shape index (κ3) is 2.98. The molecule has 1 saturated heterocycles. The zero-order valence-electron chi connectivity index (χ0n) is 10.9. The van der Waals surface area contributed by atoms with Gasteiger partial charge in [-0.1, -0.05) is 12.8 Å². The van der Waals surface area contributed by atoms with Crippen LogP contribution in [0.15, 0.2) is 0 Å². The third-order valence-electron chi connectivity index (χ3n) is 4.48. The van der Waals surface area contributed by atoms with Gasteiger partial charge in [-0.2, -0.15) is 0 Å². The quantitative estimate of drug-likeness (QED) is 0.798. The fourth-order valence-corrected chi connectivity index (χ4v) is 3.51. The molecule has 2 heteroatoms. The SMILES string of the molecule is CC(C)N1CCCC(CC2(O)CCCC2)C1. The van der Waals surface area contributed by atoms with Crippen molar-refractivity contribution in [1.29, 1.82) is 0 Å². The minimum atomic E-state index is -0.301. The average molecular weight is 225 g/mol. The van der Waals surface area contributed by atoms with Gasteiger partial charge in [0.2, 0.25) is 0 Å².